The molecule has 11 heteroatoms. The number of quaternary nitrogens is 1. The number of Topliss-reactive ketones (excluding diaryl/α,β-unsaturated/α-hetero) is 1. The van der Waals surface area contributed by atoms with Gasteiger partial charge in [0.2, 0.25) is 10.8 Å². The van der Waals surface area contributed by atoms with Crippen molar-refractivity contribution in [2.75, 3.05) is 11.3 Å². The minimum atomic E-state index is -4.49. The Morgan fingerprint density at radius 3 is 2.57 bits per heavy atom. The zero-order valence-electron chi connectivity index (χ0n) is 11.3. The molecule has 23 heavy (non-hydrogen) atoms. The number of guanidine groups is 1. The van der Waals surface area contributed by atoms with Gasteiger partial charge in [-0.25, -0.2) is 14.0 Å². The minimum absolute atomic E-state index is 0.334. The van der Waals surface area contributed by atoms with Gasteiger partial charge in [0, 0.05) is 0 Å². The number of nitrogens with one attached hydrogen (secondary N) is 1. The first-order valence-electron chi connectivity index (χ1n) is 6.18. The van der Waals surface area contributed by atoms with Gasteiger partial charge in [0.05, 0.1) is 6.21 Å². The molecule has 0 bridgehead atoms. The lowest BCUT2D eigenvalue weighted by Crippen LogP contribution is -2.49. The SMILES string of the molecule is O=C1C=NC2=NC(S(=O)(=O)Nc3c(F)cccc3F)=C[N+]2(O)C1. The number of nitrogens with zero attached hydrogens (tertiary/aromatic N) is 3. The number of halogens is 2. The summed E-state index contributed by atoms with van der Waals surface area (Å²) in [5.41, 5.74) is -0.873. The van der Waals surface area contributed by atoms with Crippen LogP contribution in [-0.4, -0.2) is 42.8 Å². The molecule has 3 rings (SSSR count). The van der Waals surface area contributed by atoms with Gasteiger partial charge >= 0.3 is 5.96 Å². The topological polar surface area (TPSA) is 108 Å². The highest BCUT2D eigenvalue weighted by Crippen LogP contribution is 2.28. The Hall–Kier alpha value is -2.50. The summed E-state index contributed by atoms with van der Waals surface area (Å²) in [4.78, 5) is 18.4. The minimum Gasteiger partial charge on any atom is -0.287 e. The molecule has 1 unspecified atom stereocenters. The van der Waals surface area contributed by atoms with Gasteiger partial charge in [0.1, 0.15) is 17.3 Å². The smallest absolute Gasteiger partial charge is 0.287 e. The van der Waals surface area contributed by atoms with E-state index in [9.17, 15) is 27.2 Å². The molecule has 120 valence electrons. The van der Waals surface area contributed by atoms with Crippen LogP contribution in [0.15, 0.2) is 39.4 Å². The van der Waals surface area contributed by atoms with Crippen molar-refractivity contribution in [2.24, 2.45) is 9.98 Å². The molecule has 0 saturated carbocycles. The Balaban J connectivity index is 1.98. The Bertz CT molecular complexity index is 889. The number of sulfonamides is 1. The summed E-state index contributed by atoms with van der Waals surface area (Å²) in [6, 6.07) is 2.83. The lowest BCUT2D eigenvalue weighted by Gasteiger charge is -2.20. The van der Waals surface area contributed by atoms with Gasteiger partial charge in [-0.3, -0.25) is 9.52 Å². The number of hydroxylamine groups is 3. The second-order valence-electron chi connectivity index (χ2n) is 4.79. The van der Waals surface area contributed by atoms with E-state index < -0.39 is 49.3 Å². The summed E-state index contributed by atoms with van der Waals surface area (Å²) >= 11 is 0. The maximum atomic E-state index is 13.5. The van der Waals surface area contributed by atoms with Crippen molar-refractivity contribution >= 4 is 33.7 Å². The number of anilines is 1. The molecular formula is C12H9F2N4O4S+. The Labute approximate surface area is 128 Å². The van der Waals surface area contributed by atoms with Crippen molar-refractivity contribution in [3.05, 3.63) is 41.1 Å². The normalized spacial score (nSPS) is 23.3. The molecule has 2 aliphatic rings. The monoisotopic (exact) mass is 343 g/mol. The Kier molecular flexibility index (Phi) is 3.35. The van der Waals surface area contributed by atoms with Crippen molar-refractivity contribution in [1.82, 2.24) is 0 Å². The maximum absolute atomic E-state index is 13.5. The summed E-state index contributed by atoms with van der Waals surface area (Å²) in [5.74, 6) is -3.09. The Morgan fingerprint density at radius 2 is 1.91 bits per heavy atom. The summed E-state index contributed by atoms with van der Waals surface area (Å²) in [7, 11) is -4.49. The van der Waals surface area contributed by atoms with Crippen molar-refractivity contribution in [1.29, 1.82) is 0 Å². The number of carbonyl (C=O) groups is 1. The number of hydrogen-bond acceptors (Lipinski definition) is 6. The number of ketones is 1. The van der Waals surface area contributed by atoms with E-state index in [0.29, 0.717) is 0 Å². The van der Waals surface area contributed by atoms with Crippen LogP contribution < -0.4 is 4.72 Å². The summed E-state index contributed by atoms with van der Waals surface area (Å²) < 4.78 is 52.0. The molecule has 0 aromatic heterocycles. The molecular weight excluding hydrogens is 334 g/mol. The van der Waals surface area contributed by atoms with E-state index in [-0.39, 0.29) is 5.96 Å². The molecule has 0 fully saturated rings. The third-order valence-corrected chi connectivity index (χ3v) is 4.30. The molecule has 0 radical (unpaired) electrons. The van der Waals surface area contributed by atoms with E-state index >= 15 is 0 Å². The second-order valence-corrected chi connectivity index (χ2v) is 6.42. The van der Waals surface area contributed by atoms with Crippen LogP contribution >= 0.6 is 0 Å². The molecule has 0 saturated heterocycles. The molecule has 1 aromatic carbocycles. The molecule has 0 amide bonds. The van der Waals surface area contributed by atoms with E-state index in [2.05, 4.69) is 9.98 Å². The van der Waals surface area contributed by atoms with Crippen LogP contribution in [0, 0.1) is 11.6 Å². The van der Waals surface area contributed by atoms with Crippen LogP contribution in [0.3, 0.4) is 0 Å². The summed E-state index contributed by atoms with van der Waals surface area (Å²) in [5, 5.41) is 9.44. The average molecular weight is 343 g/mol. The quantitative estimate of drug-likeness (QED) is 0.789. The molecule has 2 N–H and O–H groups in total. The number of rotatable bonds is 3. The third kappa shape index (κ3) is 2.65. The van der Waals surface area contributed by atoms with Crippen molar-refractivity contribution in [2.45, 2.75) is 0 Å². The molecule has 1 aromatic rings. The number of carbonyl (C=O) groups excluding carboxylic acids is 1. The highest BCUT2D eigenvalue weighted by molar-refractivity contribution is 7.96. The van der Waals surface area contributed by atoms with Crippen LogP contribution in [0.5, 0.6) is 0 Å². The highest BCUT2D eigenvalue weighted by atomic mass is 32.2. The van der Waals surface area contributed by atoms with E-state index in [0.717, 1.165) is 30.6 Å². The standard InChI is InChI=1S/C12H9F2N4O4S/c13-8-2-1-3-9(14)11(8)17-23(21,22)10-6-18(20)5-7(19)4-15-12(18)16-10/h1-4,6,17,20H,5H2/q+1. The van der Waals surface area contributed by atoms with Gasteiger partial charge in [-0.1, -0.05) is 10.7 Å². The molecule has 8 nitrogen and oxygen atoms in total. The zero-order chi connectivity index (χ0) is 16.8. The van der Waals surface area contributed by atoms with Gasteiger partial charge in [-0.05, 0) is 12.1 Å². The van der Waals surface area contributed by atoms with Crippen LogP contribution in [0.1, 0.15) is 0 Å². The number of benzene rings is 1. The van der Waals surface area contributed by atoms with E-state index in [4.69, 9.17) is 0 Å². The van der Waals surface area contributed by atoms with Crippen molar-refractivity contribution in [3.63, 3.8) is 0 Å². The first-order valence-corrected chi connectivity index (χ1v) is 7.66. The van der Waals surface area contributed by atoms with Crippen LogP contribution in [0.2, 0.25) is 0 Å². The van der Waals surface area contributed by atoms with E-state index in [1.54, 1.807) is 4.72 Å². The number of fused-ring (bicyclic) bond motifs is 1. The molecule has 2 aliphatic heterocycles. The predicted octanol–water partition coefficient (Wildman–Crippen LogP) is 0.734. The first kappa shape index (κ1) is 15.4. The largest absolute Gasteiger partial charge is 0.369 e. The highest BCUT2D eigenvalue weighted by Gasteiger charge is 2.45. The summed E-state index contributed by atoms with van der Waals surface area (Å²) in [6.45, 7) is -0.477. The Morgan fingerprint density at radius 1 is 1.26 bits per heavy atom. The van der Waals surface area contributed by atoms with Crippen molar-refractivity contribution < 1.29 is 31.8 Å². The van der Waals surface area contributed by atoms with Crippen LogP contribution in [-0.2, 0) is 14.8 Å². The van der Waals surface area contributed by atoms with Gasteiger partial charge in [-0.2, -0.15) is 18.4 Å². The van der Waals surface area contributed by atoms with Gasteiger partial charge in [-0.15, -0.1) is 0 Å². The summed E-state index contributed by atoms with van der Waals surface area (Å²) in [6.07, 6.45) is 1.66. The van der Waals surface area contributed by atoms with E-state index in [1.165, 1.54) is 0 Å². The van der Waals surface area contributed by atoms with Gasteiger partial charge < -0.3 is 0 Å². The fourth-order valence-corrected chi connectivity index (χ4v) is 3.10. The first-order chi connectivity index (χ1) is 10.7. The molecule has 2 heterocycles. The van der Waals surface area contributed by atoms with E-state index in [1.807, 2.05) is 0 Å². The molecule has 0 spiro atoms. The third-order valence-electron chi connectivity index (χ3n) is 3.08. The fourth-order valence-electron chi connectivity index (χ4n) is 2.02. The second kappa shape index (κ2) is 5.01. The molecule has 1 atom stereocenters. The van der Waals surface area contributed by atoms with Crippen LogP contribution in [0.25, 0.3) is 0 Å². The number of para-hydroxylation sites is 1. The molecule has 0 aliphatic carbocycles. The van der Waals surface area contributed by atoms with Crippen LogP contribution in [0.4, 0.5) is 14.5 Å². The van der Waals surface area contributed by atoms with Crippen molar-refractivity contribution in [3.8, 4) is 0 Å². The lowest BCUT2D eigenvalue weighted by molar-refractivity contribution is -0.982. The maximum Gasteiger partial charge on any atom is 0.369 e. The number of aliphatic imine (C=N–C) groups is 2. The average Bonchev–Trinajstić information content (AvgIpc) is 2.80. The fraction of sp³-hybridized carbons (Fsp3) is 0.0833. The lowest BCUT2D eigenvalue weighted by atomic mass is 10.3. The number of hydrogen-bond donors (Lipinski definition) is 2. The predicted molar refractivity (Wildman–Crippen MR) is 74.8 cm³/mol. The zero-order valence-corrected chi connectivity index (χ0v) is 12.1. The van der Waals surface area contributed by atoms with Gasteiger partial charge in [0.25, 0.3) is 10.0 Å². The van der Waals surface area contributed by atoms with Gasteiger partial charge in [0.15, 0.2) is 12.7 Å².